The number of benzene rings is 1. The Morgan fingerprint density at radius 2 is 1.82 bits per heavy atom. The van der Waals surface area contributed by atoms with Gasteiger partial charge < -0.3 is 10.0 Å². The fourth-order valence-electron chi connectivity index (χ4n) is 2.42. The number of likely N-dealkylation sites (tertiary alicyclic amines) is 1. The van der Waals surface area contributed by atoms with Crippen LogP contribution in [0.3, 0.4) is 0 Å². The van der Waals surface area contributed by atoms with Gasteiger partial charge in [0.2, 0.25) is 6.17 Å². The lowest BCUT2D eigenvalue weighted by Gasteiger charge is -2.23. The van der Waals surface area contributed by atoms with Gasteiger partial charge in [-0.05, 0) is 30.5 Å². The quantitative estimate of drug-likeness (QED) is 0.872. The van der Waals surface area contributed by atoms with E-state index in [1.165, 1.54) is 0 Å². The van der Waals surface area contributed by atoms with Gasteiger partial charge in [-0.25, -0.2) is 9.18 Å². The molecule has 1 fully saturated rings. The van der Waals surface area contributed by atoms with E-state index in [4.69, 9.17) is 5.11 Å². The van der Waals surface area contributed by atoms with Gasteiger partial charge in [0.1, 0.15) is 6.04 Å². The number of rotatable bonds is 3. The summed E-state index contributed by atoms with van der Waals surface area (Å²) in [5.41, 5.74) is -1.17. The van der Waals surface area contributed by atoms with Gasteiger partial charge in [-0.1, -0.05) is 12.1 Å². The van der Waals surface area contributed by atoms with Gasteiger partial charge in [-0.15, -0.1) is 0 Å². The number of carboxylic acid groups (broad SMARTS) is 1. The van der Waals surface area contributed by atoms with E-state index in [0.717, 1.165) is 17.0 Å². The number of alkyl halides is 4. The first kappa shape index (κ1) is 16.3. The maximum atomic E-state index is 14.2. The van der Waals surface area contributed by atoms with Crippen molar-refractivity contribution >= 4 is 11.9 Å². The summed E-state index contributed by atoms with van der Waals surface area (Å²) in [5.74, 6) is -2.25. The van der Waals surface area contributed by atoms with Gasteiger partial charge >= 0.3 is 12.1 Å². The number of carboxylic acids is 1. The first-order valence-electron chi connectivity index (χ1n) is 6.56. The van der Waals surface area contributed by atoms with Crippen molar-refractivity contribution in [1.29, 1.82) is 0 Å². The van der Waals surface area contributed by atoms with Crippen LogP contribution in [-0.4, -0.2) is 34.5 Å². The smallest absolute Gasteiger partial charge is 0.416 e. The van der Waals surface area contributed by atoms with Gasteiger partial charge in [0.05, 0.1) is 5.56 Å². The molecule has 2 atom stereocenters. The largest absolute Gasteiger partial charge is 0.480 e. The van der Waals surface area contributed by atoms with Crippen molar-refractivity contribution in [2.45, 2.75) is 31.2 Å². The number of carbonyl (C=O) groups excluding carboxylic acids is 1. The maximum absolute atomic E-state index is 14.2. The molecule has 8 heteroatoms. The minimum atomic E-state index is -4.54. The van der Waals surface area contributed by atoms with E-state index in [1.54, 1.807) is 0 Å². The summed E-state index contributed by atoms with van der Waals surface area (Å²) in [6.45, 7) is 0.122. The third-order valence-corrected chi connectivity index (χ3v) is 3.57. The summed E-state index contributed by atoms with van der Waals surface area (Å²) in [4.78, 5) is 23.9. The third-order valence-electron chi connectivity index (χ3n) is 3.57. The van der Waals surface area contributed by atoms with E-state index in [2.05, 4.69) is 0 Å². The molecule has 4 nitrogen and oxygen atoms in total. The minimum absolute atomic E-state index is 0.122. The summed E-state index contributed by atoms with van der Waals surface area (Å²) in [6.07, 6.45) is -6.04. The lowest BCUT2D eigenvalue weighted by molar-refractivity contribution is -0.150. The number of halogens is 4. The highest BCUT2D eigenvalue weighted by atomic mass is 19.4. The zero-order valence-corrected chi connectivity index (χ0v) is 11.3. The van der Waals surface area contributed by atoms with Crippen molar-refractivity contribution < 1.29 is 32.3 Å². The van der Waals surface area contributed by atoms with Crippen LogP contribution in [0.4, 0.5) is 17.6 Å². The van der Waals surface area contributed by atoms with E-state index in [9.17, 15) is 27.2 Å². The topological polar surface area (TPSA) is 57.6 Å². The van der Waals surface area contributed by atoms with Crippen LogP contribution in [0.25, 0.3) is 0 Å². The molecule has 1 aromatic rings. The molecule has 1 aliphatic rings. The summed E-state index contributed by atoms with van der Waals surface area (Å²) >= 11 is 0. The fourth-order valence-corrected chi connectivity index (χ4v) is 2.42. The summed E-state index contributed by atoms with van der Waals surface area (Å²) in [6, 6.07) is 2.07. The molecule has 0 spiro atoms. The summed E-state index contributed by atoms with van der Waals surface area (Å²) in [5, 5.41) is 8.97. The van der Waals surface area contributed by atoms with Crippen LogP contribution < -0.4 is 0 Å². The Hall–Kier alpha value is -2.12. The molecule has 0 radical (unpaired) electrons. The van der Waals surface area contributed by atoms with Crippen LogP contribution >= 0.6 is 0 Å². The second-order valence-corrected chi connectivity index (χ2v) is 5.01. The van der Waals surface area contributed by atoms with E-state index in [1.807, 2.05) is 0 Å². The highest BCUT2D eigenvalue weighted by molar-refractivity contribution is 5.87. The highest BCUT2D eigenvalue weighted by Crippen LogP contribution is 2.31. The van der Waals surface area contributed by atoms with Gasteiger partial charge in [0, 0.05) is 6.54 Å². The Morgan fingerprint density at radius 3 is 2.32 bits per heavy atom. The fraction of sp³-hybridized carbons (Fsp3) is 0.429. The van der Waals surface area contributed by atoms with Crippen LogP contribution in [-0.2, 0) is 15.8 Å². The predicted octanol–water partition coefficient (Wildman–Crippen LogP) is 2.79. The molecular formula is C14H13F4NO3. The van der Waals surface area contributed by atoms with E-state index in [-0.39, 0.29) is 18.5 Å². The normalized spacial score (nSPS) is 20.0. The Morgan fingerprint density at radius 1 is 1.23 bits per heavy atom. The lowest BCUT2D eigenvalue weighted by atomic mass is 10.1. The number of amides is 1. The lowest BCUT2D eigenvalue weighted by Crippen LogP contribution is -2.42. The van der Waals surface area contributed by atoms with Crippen LogP contribution in [0.2, 0.25) is 0 Å². The van der Waals surface area contributed by atoms with Crippen molar-refractivity contribution in [2.24, 2.45) is 0 Å². The number of hydrogen-bond donors (Lipinski definition) is 1. The summed E-state index contributed by atoms with van der Waals surface area (Å²) < 4.78 is 51.5. The SMILES string of the molecule is O=C(O)[C@@H]1CCCN1C(=O)C(F)c1ccc(C(F)(F)F)cc1. The number of aliphatic carboxylic acids is 1. The Balaban J connectivity index is 2.15. The zero-order valence-electron chi connectivity index (χ0n) is 11.3. The molecule has 22 heavy (non-hydrogen) atoms. The molecule has 1 aliphatic heterocycles. The molecule has 1 saturated heterocycles. The molecule has 120 valence electrons. The second-order valence-electron chi connectivity index (χ2n) is 5.01. The van der Waals surface area contributed by atoms with Gasteiger partial charge in [-0.2, -0.15) is 13.2 Å². The Kier molecular flexibility index (Phi) is 4.39. The first-order valence-corrected chi connectivity index (χ1v) is 6.56. The second kappa shape index (κ2) is 5.94. The summed E-state index contributed by atoms with van der Waals surface area (Å²) in [7, 11) is 0. The van der Waals surface area contributed by atoms with Crippen LogP contribution in [0.1, 0.15) is 30.1 Å². The van der Waals surface area contributed by atoms with Crippen LogP contribution in [0.5, 0.6) is 0 Å². The monoisotopic (exact) mass is 319 g/mol. The molecule has 1 N–H and O–H groups in total. The molecule has 1 heterocycles. The van der Waals surface area contributed by atoms with Gasteiger partial charge in [0.15, 0.2) is 0 Å². The van der Waals surface area contributed by atoms with Gasteiger partial charge in [-0.3, -0.25) is 4.79 Å². The Bertz CT molecular complexity index is 570. The van der Waals surface area contributed by atoms with Crippen molar-refractivity contribution in [3.8, 4) is 0 Å². The molecule has 0 saturated carbocycles. The minimum Gasteiger partial charge on any atom is -0.480 e. The van der Waals surface area contributed by atoms with E-state index < -0.39 is 35.8 Å². The molecule has 1 unspecified atom stereocenters. The molecule has 0 aliphatic carbocycles. The molecule has 0 bridgehead atoms. The third kappa shape index (κ3) is 3.20. The van der Waals surface area contributed by atoms with Crippen LogP contribution in [0.15, 0.2) is 24.3 Å². The molecule has 0 aromatic heterocycles. The number of nitrogens with zero attached hydrogens (tertiary/aromatic N) is 1. The van der Waals surface area contributed by atoms with Crippen molar-refractivity contribution in [2.75, 3.05) is 6.54 Å². The van der Waals surface area contributed by atoms with E-state index >= 15 is 0 Å². The standard InChI is InChI=1S/C14H13F4NO3/c15-11(8-3-5-9(6-4-8)14(16,17)18)12(20)19-7-1-2-10(19)13(21)22/h3-6,10-11H,1-2,7H2,(H,21,22)/t10-,11?/m0/s1. The number of carbonyl (C=O) groups is 2. The first-order chi connectivity index (χ1) is 10.2. The van der Waals surface area contributed by atoms with Gasteiger partial charge in [0.25, 0.3) is 5.91 Å². The maximum Gasteiger partial charge on any atom is 0.416 e. The average Bonchev–Trinajstić information content (AvgIpc) is 2.94. The van der Waals surface area contributed by atoms with Crippen LogP contribution in [0, 0.1) is 0 Å². The predicted molar refractivity (Wildman–Crippen MR) is 67.7 cm³/mol. The Labute approximate surface area is 123 Å². The molecular weight excluding hydrogens is 306 g/mol. The average molecular weight is 319 g/mol. The van der Waals surface area contributed by atoms with Crippen molar-refractivity contribution in [1.82, 2.24) is 4.90 Å². The molecule has 1 amide bonds. The zero-order chi connectivity index (χ0) is 16.5. The van der Waals surface area contributed by atoms with Crippen molar-refractivity contribution in [3.05, 3.63) is 35.4 Å². The highest BCUT2D eigenvalue weighted by Gasteiger charge is 2.38. The molecule has 1 aromatic carbocycles. The van der Waals surface area contributed by atoms with Crippen molar-refractivity contribution in [3.63, 3.8) is 0 Å². The number of hydrogen-bond acceptors (Lipinski definition) is 2. The van der Waals surface area contributed by atoms with E-state index in [0.29, 0.717) is 18.6 Å². The molecule has 2 rings (SSSR count).